The van der Waals surface area contributed by atoms with Gasteiger partial charge in [-0.15, -0.1) is 0 Å². The van der Waals surface area contributed by atoms with Crippen LogP contribution in [0.3, 0.4) is 0 Å². The number of nitrogen functional groups attached to an aromatic ring is 1. The number of halogens is 1. The quantitative estimate of drug-likeness (QED) is 0.289. The highest BCUT2D eigenvalue weighted by atomic mass is 19.1. The van der Waals surface area contributed by atoms with Gasteiger partial charge < -0.3 is 10.7 Å². The molecule has 6 rings (SSSR count). The van der Waals surface area contributed by atoms with Crippen LogP contribution in [0.2, 0.25) is 0 Å². The standard InChI is InChI=1S/C27H26FN5O/c1-27(2,3)14-9-13(10-14)17-11-18-21(15-6-7-20(28)25-19(15)12-31-33-25)22(29)26(34)32-24(18)16-5-4-8-30-23(16)17/h4-8,11-14H,9-10,29H2,1-3H3,(H,31,33)(H,32,34). The van der Waals surface area contributed by atoms with Crippen LogP contribution in [0.4, 0.5) is 10.1 Å². The van der Waals surface area contributed by atoms with Gasteiger partial charge in [-0.1, -0.05) is 26.8 Å². The van der Waals surface area contributed by atoms with Crippen molar-refractivity contribution in [3.8, 4) is 11.1 Å². The van der Waals surface area contributed by atoms with Gasteiger partial charge in [0.1, 0.15) is 17.0 Å². The molecule has 34 heavy (non-hydrogen) atoms. The SMILES string of the molecule is CC(C)(C)C1CC(c2cc3c(-c4ccc(F)c5[nH]ncc45)c(N)c(=O)[nH]c3c3cccnc23)C1. The van der Waals surface area contributed by atoms with E-state index in [1.54, 1.807) is 18.5 Å². The molecule has 0 bridgehead atoms. The summed E-state index contributed by atoms with van der Waals surface area (Å²) in [6.45, 7) is 6.87. The van der Waals surface area contributed by atoms with Crippen molar-refractivity contribution in [2.45, 2.75) is 39.5 Å². The molecule has 0 radical (unpaired) electrons. The second-order valence-electron chi connectivity index (χ2n) is 10.5. The van der Waals surface area contributed by atoms with Crippen LogP contribution in [0, 0.1) is 17.2 Å². The molecule has 1 saturated carbocycles. The van der Waals surface area contributed by atoms with Crippen molar-refractivity contribution in [2.75, 3.05) is 5.73 Å². The molecule has 6 nitrogen and oxygen atoms in total. The Morgan fingerprint density at radius 1 is 1.09 bits per heavy atom. The van der Waals surface area contributed by atoms with Crippen LogP contribution in [0.1, 0.15) is 45.1 Å². The van der Waals surface area contributed by atoms with Crippen LogP contribution < -0.4 is 11.3 Å². The van der Waals surface area contributed by atoms with Crippen LogP contribution >= 0.6 is 0 Å². The minimum Gasteiger partial charge on any atom is -0.394 e. The van der Waals surface area contributed by atoms with E-state index in [9.17, 15) is 9.18 Å². The minimum atomic E-state index is -0.401. The lowest BCUT2D eigenvalue weighted by atomic mass is 9.61. The fourth-order valence-corrected chi connectivity index (χ4v) is 5.45. The molecule has 0 aliphatic heterocycles. The van der Waals surface area contributed by atoms with Crippen LogP contribution in [0.5, 0.6) is 0 Å². The monoisotopic (exact) mass is 455 g/mol. The van der Waals surface area contributed by atoms with E-state index in [0.29, 0.717) is 39.4 Å². The molecule has 1 aliphatic rings. The number of benzene rings is 2. The third-order valence-corrected chi connectivity index (χ3v) is 7.58. The first-order valence-corrected chi connectivity index (χ1v) is 11.6. The summed E-state index contributed by atoms with van der Waals surface area (Å²) >= 11 is 0. The van der Waals surface area contributed by atoms with E-state index >= 15 is 0 Å². The number of anilines is 1. The van der Waals surface area contributed by atoms with E-state index in [1.165, 1.54) is 11.6 Å². The summed E-state index contributed by atoms with van der Waals surface area (Å²) in [5.41, 5.74) is 10.7. The normalized spacial score (nSPS) is 18.6. The van der Waals surface area contributed by atoms with E-state index in [-0.39, 0.29) is 16.7 Å². The van der Waals surface area contributed by atoms with E-state index in [0.717, 1.165) is 29.1 Å². The molecule has 0 unspecified atom stereocenters. The van der Waals surface area contributed by atoms with Gasteiger partial charge in [-0.25, -0.2) is 4.39 Å². The molecule has 3 heterocycles. The van der Waals surface area contributed by atoms with Crippen molar-refractivity contribution >= 4 is 38.4 Å². The van der Waals surface area contributed by atoms with E-state index in [2.05, 4.69) is 42.0 Å². The molecule has 3 aromatic heterocycles. The van der Waals surface area contributed by atoms with Crippen molar-refractivity contribution in [1.29, 1.82) is 0 Å². The Bertz CT molecular complexity index is 1650. The second kappa shape index (κ2) is 7.13. The summed E-state index contributed by atoms with van der Waals surface area (Å²) in [5, 5.41) is 9.05. The van der Waals surface area contributed by atoms with Gasteiger partial charge in [0.25, 0.3) is 5.56 Å². The van der Waals surface area contributed by atoms with Crippen molar-refractivity contribution in [1.82, 2.24) is 20.2 Å². The zero-order valence-corrected chi connectivity index (χ0v) is 19.4. The van der Waals surface area contributed by atoms with Gasteiger partial charge >= 0.3 is 0 Å². The van der Waals surface area contributed by atoms with Gasteiger partial charge in [0, 0.05) is 27.9 Å². The molecular formula is C27H26FN5O. The van der Waals surface area contributed by atoms with Gasteiger partial charge in [-0.3, -0.25) is 14.9 Å². The maximum atomic E-state index is 14.4. The molecule has 0 amide bonds. The van der Waals surface area contributed by atoms with E-state index in [4.69, 9.17) is 10.7 Å². The summed E-state index contributed by atoms with van der Waals surface area (Å²) in [7, 11) is 0. The van der Waals surface area contributed by atoms with Crippen molar-refractivity contribution in [3.05, 3.63) is 64.5 Å². The van der Waals surface area contributed by atoms with E-state index < -0.39 is 5.82 Å². The smallest absolute Gasteiger partial charge is 0.272 e. The number of aromatic nitrogens is 4. The second-order valence-corrected chi connectivity index (χ2v) is 10.5. The molecule has 0 atom stereocenters. The largest absolute Gasteiger partial charge is 0.394 e. The van der Waals surface area contributed by atoms with Crippen LogP contribution in [0.25, 0.3) is 43.8 Å². The average Bonchev–Trinajstić information content (AvgIpc) is 3.25. The zero-order valence-electron chi connectivity index (χ0n) is 19.4. The fraction of sp³-hybridized carbons (Fsp3) is 0.296. The number of hydrogen-bond donors (Lipinski definition) is 3. The summed E-state index contributed by atoms with van der Waals surface area (Å²) in [6, 6.07) is 9.05. The summed E-state index contributed by atoms with van der Waals surface area (Å²) in [6.07, 6.45) is 5.56. The van der Waals surface area contributed by atoms with Crippen LogP contribution in [-0.2, 0) is 0 Å². The topological polar surface area (TPSA) is 100 Å². The first-order chi connectivity index (χ1) is 16.2. The number of aromatic amines is 2. The van der Waals surface area contributed by atoms with Crippen molar-refractivity contribution in [2.24, 2.45) is 11.3 Å². The number of pyridine rings is 2. The number of nitrogens with two attached hydrogens (primary N) is 1. The third-order valence-electron chi connectivity index (χ3n) is 7.58. The Labute approximate surface area is 195 Å². The first-order valence-electron chi connectivity index (χ1n) is 11.6. The molecule has 172 valence electrons. The van der Waals surface area contributed by atoms with Gasteiger partial charge in [-0.2, -0.15) is 5.10 Å². The van der Waals surface area contributed by atoms with Crippen molar-refractivity contribution < 1.29 is 4.39 Å². The molecule has 4 N–H and O–H groups in total. The molecule has 0 saturated heterocycles. The predicted molar refractivity (Wildman–Crippen MR) is 134 cm³/mol. The molecule has 0 spiro atoms. The Morgan fingerprint density at radius 3 is 2.65 bits per heavy atom. The number of nitrogens with one attached hydrogen (secondary N) is 2. The highest BCUT2D eigenvalue weighted by Crippen LogP contribution is 2.52. The Hall–Kier alpha value is -3.74. The Balaban J connectivity index is 1.67. The van der Waals surface area contributed by atoms with Gasteiger partial charge in [0.05, 0.1) is 17.2 Å². The average molecular weight is 456 g/mol. The van der Waals surface area contributed by atoms with Crippen molar-refractivity contribution in [3.63, 3.8) is 0 Å². The molecule has 2 aromatic carbocycles. The summed E-state index contributed by atoms with van der Waals surface area (Å²) < 4.78 is 14.4. The van der Waals surface area contributed by atoms with Gasteiger partial charge in [-0.05, 0) is 65.5 Å². The minimum absolute atomic E-state index is 0.108. The number of hydrogen-bond acceptors (Lipinski definition) is 4. The number of nitrogens with zero attached hydrogens (tertiary/aromatic N) is 2. The third kappa shape index (κ3) is 2.96. The maximum absolute atomic E-state index is 14.4. The fourth-order valence-electron chi connectivity index (χ4n) is 5.45. The molecule has 5 aromatic rings. The predicted octanol–water partition coefficient (Wildman–Crippen LogP) is 5.88. The lowest BCUT2D eigenvalue weighted by Gasteiger charge is -2.44. The lowest BCUT2D eigenvalue weighted by molar-refractivity contribution is 0.116. The number of fused-ring (bicyclic) bond motifs is 4. The highest BCUT2D eigenvalue weighted by molar-refractivity contribution is 6.15. The summed E-state index contributed by atoms with van der Waals surface area (Å²) in [5.74, 6) is 0.630. The molecular weight excluding hydrogens is 429 g/mol. The lowest BCUT2D eigenvalue weighted by Crippen LogP contribution is -2.32. The molecule has 1 aliphatic carbocycles. The maximum Gasteiger partial charge on any atom is 0.272 e. The number of H-pyrrole nitrogens is 2. The van der Waals surface area contributed by atoms with E-state index in [1.807, 2.05) is 12.1 Å². The number of rotatable bonds is 2. The van der Waals surface area contributed by atoms with Gasteiger partial charge in [0.15, 0.2) is 0 Å². The van der Waals surface area contributed by atoms with Crippen LogP contribution in [-0.4, -0.2) is 20.2 Å². The summed E-state index contributed by atoms with van der Waals surface area (Å²) in [4.78, 5) is 20.6. The van der Waals surface area contributed by atoms with Gasteiger partial charge in [0.2, 0.25) is 0 Å². The van der Waals surface area contributed by atoms with Crippen LogP contribution in [0.15, 0.2) is 47.5 Å². The highest BCUT2D eigenvalue weighted by Gasteiger charge is 2.39. The molecule has 1 fully saturated rings. The zero-order chi connectivity index (χ0) is 23.8. The Morgan fingerprint density at radius 2 is 1.88 bits per heavy atom. The Kier molecular flexibility index (Phi) is 4.37. The first kappa shape index (κ1) is 20.8. The molecule has 7 heteroatoms.